The van der Waals surface area contributed by atoms with Gasteiger partial charge >= 0.3 is 0 Å². The van der Waals surface area contributed by atoms with E-state index in [1.165, 1.54) is 225 Å². The minimum Gasteiger partial charge on any atom is -0.394 e. The SMILES string of the molecule is CCCCCCCCC/C=C\CCCCCCC(O)C(=O)NC(CO)C(O)C(O)CCC/C=C/CCCCCCCCCCCCCCCCCCCCCCCCCCCCC. The highest BCUT2D eigenvalue weighted by molar-refractivity contribution is 5.80. The monoisotopic (exact) mass is 890 g/mol. The van der Waals surface area contributed by atoms with Crippen molar-refractivity contribution in [2.45, 2.75) is 327 Å². The molecule has 0 radical (unpaired) electrons. The van der Waals surface area contributed by atoms with E-state index in [1.807, 2.05) is 0 Å². The molecule has 4 unspecified atom stereocenters. The Bertz CT molecular complexity index is 955. The average molecular weight is 891 g/mol. The number of aliphatic hydroxyl groups is 4. The van der Waals surface area contributed by atoms with Crippen molar-refractivity contribution in [2.24, 2.45) is 0 Å². The number of unbranched alkanes of at least 4 members (excludes halogenated alkanes) is 39. The number of hydrogen-bond donors (Lipinski definition) is 5. The number of carbonyl (C=O) groups excluding carboxylic acids is 1. The summed E-state index contributed by atoms with van der Waals surface area (Å²) in [4.78, 5) is 12.5. The molecule has 0 bridgehead atoms. The first-order chi connectivity index (χ1) is 31.0. The van der Waals surface area contributed by atoms with E-state index in [0.29, 0.717) is 12.8 Å². The smallest absolute Gasteiger partial charge is 0.249 e. The summed E-state index contributed by atoms with van der Waals surface area (Å²) in [5, 5.41) is 43.9. The fourth-order valence-corrected chi connectivity index (χ4v) is 8.93. The zero-order valence-corrected chi connectivity index (χ0v) is 42.3. The van der Waals surface area contributed by atoms with Crippen LogP contribution >= 0.6 is 0 Å². The Hall–Kier alpha value is -1.21. The van der Waals surface area contributed by atoms with E-state index in [0.717, 1.165) is 51.4 Å². The van der Waals surface area contributed by atoms with E-state index in [1.54, 1.807) is 0 Å². The molecule has 0 rings (SSSR count). The molecule has 0 aliphatic heterocycles. The Morgan fingerprint density at radius 2 is 0.651 bits per heavy atom. The first kappa shape index (κ1) is 61.8. The highest BCUT2D eigenvalue weighted by Crippen LogP contribution is 2.18. The topological polar surface area (TPSA) is 110 Å². The first-order valence-electron chi connectivity index (χ1n) is 28.2. The quantitative estimate of drug-likeness (QED) is 0.0309. The number of aliphatic hydroxyl groups excluding tert-OH is 4. The summed E-state index contributed by atoms with van der Waals surface area (Å²) in [6, 6.07) is -1.01. The van der Waals surface area contributed by atoms with Crippen LogP contribution < -0.4 is 5.32 Å². The van der Waals surface area contributed by atoms with Crippen LogP contribution in [-0.4, -0.2) is 57.3 Å². The van der Waals surface area contributed by atoms with Crippen LogP contribution in [-0.2, 0) is 4.79 Å². The van der Waals surface area contributed by atoms with E-state index >= 15 is 0 Å². The van der Waals surface area contributed by atoms with E-state index < -0.39 is 36.9 Å². The van der Waals surface area contributed by atoms with Crippen LogP contribution in [0.4, 0.5) is 0 Å². The molecule has 5 N–H and O–H groups in total. The molecule has 0 heterocycles. The third kappa shape index (κ3) is 45.7. The highest BCUT2D eigenvalue weighted by Gasteiger charge is 2.28. The molecule has 0 spiro atoms. The van der Waals surface area contributed by atoms with Crippen LogP contribution in [0.2, 0.25) is 0 Å². The number of amides is 1. The number of carbonyl (C=O) groups is 1. The zero-order chi connectivity index (χ0) is 45.9. The lowest BCUT2D eigenvalue weighted by molar-refractivity contribution is -0.132. The van der Waals surface area contributed by atoms with Crippen molar-refractivity contribution >= 4 is 5.91 Å². The molecular formula is C57H111NO5. The minimum absolute atomic E-state index is 0.350. The molecular weight excluding hydrogens is 779 g/mol. The molecule has 4 atom stereocenters. The molecule has 6 heteroatoms. The van der Waals surface area contributed by atoms with Crippen molar-refractivity contribution in [3.8, 4) is 0 Å². The molecule has 0 aromatic rings. The van der Waals surface area contributed by atoms with E-state index in [4.69, 9.17) is 0 Å². The van der Waals surface area contributed by atoms with E-state index in [2.05, 4.69) is 43.5 Å². The molecule has 374 valence electrons. The largest absolute Gasteiger partial charge is 0.394 e. The van der Waals surface area contributed by atoms with Gasteiger partial charge in [0.05, 0.1) is 18.8 Å². The summed E-state index contributed by atoms with van der Waals surface area (Å²) in [6.07, 6.45) is 62.7. The van der Waals surface area contributed by atoms with Crippen LogP contribution in [0, 0.1) is 0 Å². The van der Waals surface area contributed by atoms with Gasteiger partial charge in [-0.25, -0.2) is 0 Å². The van der Waals surface area contributed by atoms with Gasteiger partial charge in [-0.05, 0) is 64.2 Å². The van der Waals surface area contributed by atoms with Crippen molar-refractivity contribution in [3.05, 3.63) is 24.3 Å². The molecule has 63 heavy (non-hydrogen) atoms. The van der Waals surface area contributed by atoms with Gasteiger partial charge in [0.2, 0.25) is 5.91 Å². The maximum atomic E-state index is 12.5. The van der Waals surface area contributed by atoms with Gasteiger partial charge in [-0.15, -0.1) is 0 Å². The first-order valence-corrected chi connectivity index (χ1v) is 28.2. The van der Waals surface area contributed by atoms with Crippen molar-refractivity contribution in [1.82, 2.24) is 5.32 Å². The second-order valence-corrected chi connectivity index (χ2v) is 19.6. The Kier molecular flexibility index (Phi) is 50.8. The third-order valence-corrected chi connectivity index (χ3v) is 13.4. The van der Waals surface area contributed by atoms with Gasteiger partial charge in [-0.1, -0.05) is 263 Å². The number of hydrogen-bond acceptors (Lipinski definition) is 5. The summed E-state index contributed by atoms with van der Waals surface area (Å²) >= 11 is 0. The number of allylic oxidation sites excluding steroid dienone is 4. The van der Waals surface area contributed by atoms with Crippen molar-refractivity contribution < 1.29 is 25.2 Å². The van der Waals surface area contributed by atoms with Gasteiger partial charge in [-0.3, -0.25) is 4.79 Å². The van der Waals surface area contributed by atoms with Crippen molar-refractivity contribution in [2.75, 3.05) is 6.61 Å². The van der Waals surface area contributed by atoms with Gasteiger partial charge in [0.1, 0.15) is 12.2 Å². The maximum Gasteiger partial charge on any atom is 0.249 e. The van der Waals surface area contributed by atoms with Crippen LogP contribution in [0.1, 0.15) is 303 Å². The highest BCUT2D eigenvalue weighted by atomic mass is 16.3. The second-order valence-electron chi connectivity index (χ2n) is 19.6. The lowest BCUT2D eigenvalue weighted by Gasteiger charge is -2.27. The molecule has 0 aliphatic rings. The molecule has 0 aliphatic carbocycles. The second kappa shape index (κ2) is 51.8. The van der Waals surface area contributed by atoms with E-state index in [-0.39, 0.29) is 0 Å². The summed E-state index contributed by atoms with van der Waals surface area (Å²) in [5.41, 5.74) is 0. The number of nitrogens with one attached hydrogen (secondary N) is 1. The standard InChI is InChI=1S/C57H111NO5/c1-3-5-7-9-11-13-15-17-19-20-21-22-23-24-25-26-27-28-29-30-31-32-33-34-35-37-38-40-42-44-46-48-50-54(60)56(62)53(52-59)58-57(63)55(61)51-49-47-45-43-41-39-36-18-16-14-12-10-8-6-4-2/h36,39,42,44,53-56,59-62H,3-35,37-38,40-41,43,45-52H2,1-2H3,(H,58,63)/b39-36-,44-42+. The van der Waals surface area contributed by atoms with Crippen LogP contribution in [0.3, 0.4) is 0 Å². The average Bonchev–Trinajstić information content (AvgIpc) is 3.29. The van der Waals surface area contributed by atoms with Gasteiger partial charge in [0.15, 0.2) is 0 Å². The third-order valence-electron chi connectivity index (χ3n) is 13.4. The lowest BCUT2D eigenvalue weighted by atomic mass is 10.00. The fourth-order valence-electron chi connectivity index (χ4n) is 8.93. The summed E-state index contributed by atoms with van der Waals surface area (Å²) in [6.45, 7) is 4.06. The molecule has 0 saturated heterocycles. The number of rotatable bonds is 52. The van der Waals surface area contributed by atoms with Crippen molar-refractivity contribution in [3.63, 3.8) is 0 Å². The predicted octanol–water partition coefficient (Wildman–Crippen LogP) is 16.3. The van der Waals surface area contributed by atoms with Gasteiger partial charge in [0.25, 0.3) is 0 Å². The minimum atomic E-state index is -1.28. The van der Waals surface area contributed by atoms with Gasteiger partial charge < -0.3 is 25.7 Å². The lowest BCUT2D eigenvalue weighted by Crippen LogP contribution is -2.53. The molecule has 6 nitrogen and oxygen atoms in total. The van der Waals surface area contributed by atoms with Crippen LogP contribution in [0.5, 0.6) is 0 Å². The Labute approximate surface area is 393 Å². The van der Waals surface area contributed by atoms with E-state index in [9.17, 15) is 25.2 Å². The summed E-state index contributed by atoms with van der Waals surface area (Å²) in [7, 11) is 0. The van der Waals surface area contributed by atoms with Gasteiger partial charge in [0, 0.05) is 0 Å². The Balaban J connectivity index is 3.59. The van der Waals surface area contributed by atoms with Gasteiger partial charge in [-0.2, -0.15) is 0 Å². The predicted molar refractivity (Wildman–Crippen MR) is 274 cm³/mol. The fraction of sp³-hybridized carbons (Fsp3) is 0.912. The summed E-state index contributed by atoms with van der Waals surface area (Å²) < 4.78 is 0. The molecule has 1 amide bonds. The van der Waals surface area contributed by atoms with Crippen LogP contribution in [0.25, 0.3) is 0 Å². The molecule has 0 aromatic carbocycles. The Morgan fingerprint density at radius 1 is 0.381 bits per heavy atom. The Morgan fingerprint density at radius 3 is 0.952 bits per heavy atom. The van der Waals surface area contributed by atoms with Crippen LogP contribution in [0.15, 0.2) is 24.3 Å². The summed E-state index contributed by atoms with van der Waals surface area (Å²) in [5.74, 6) is -0.599. The van der Waals surface area contributed by atoms with Crippen molar-refractivity contribution in [1.29, 1.82) is 0 Å². The molecule has 0 saturated carbocycles. The maximum absolute atomic E-state index is 12.5. The zero-order valence-electron chi connectivity index (χ0n) is 42.3. The molecule has 0 fully saturated rings. The molecule has 0 aromatic heterocycles. The normalized spacial score (nSPS) is 13.9.